The molecule has 0 amide bonds. The predicted molar refractivity (Wildman–Crippen MR) is 118 cm³/mol. The number of fused-ring (bicyclic) bond motifs is 1. The van der Waals surface area contributed by atoms with Crippen molar-refractivity contribution in [2.24, 2.45) is 5.73 Å². The Morgan fingerprint density at radius 3 is 2.69 bits per heavy atom. The van der Waals surface area contributed by atoms with Gasteiger partial charge in [0.1, 0.15) is 0 Å². The summed E-state index contributed by atoms with van der Waals surface area (Å²) in [6.45, 7) is 4.20. The lowest BCUT2D eigenvalue weighted by molar-refractivity contribution is 0.211. The molecule has 0 aliphatic carbocycles. The minimum Gasteiger partial charge on any atom is -0.363 e. The maximum atomic E-state index is 12.5. The van der Waals surface area contributed by atoms with E-state index in [1.165, 1.54) is 16.3 Å². The molecule has 0 saturated carbocycles. The number of piperidine rings is 1. The Bertz CT molecular complexity index is 1010. The average molecular weight is 392 g/mol. The standard InChI is InChI=1S/C23H29N5O/c24-10-3-12-28-15-11-25-22(23(28)29)26-21-8-13-27(14-9-21)17-18-6-7-19-4-1-2-5-20(19)16-18/h1-2,4-7,11,15-16,21H,3,8-10,12-14,17,24H2,(H,25,26). The molecule has 6 heteroatoms. The zero-order chi connectivity index (χ0) is 20.1. The molecule has 2 heterocycles. The van der Waals surface area contributed by atoms with Gasteiger partial charge in [-0.3, -0.25) is 9.69 Å². The first-order valence-corrected chi connectivity index (χ1v) is 10.4. The monoisotopic (exact) mass is 391 g/mol. The minimum atomic E-state index is -0.0560. The number of nitrogens with one attached hydrogen (secondary N) is 1. The molecule has 0 atom stereocenters. The zero-order valence-electron chi connectivity index (χ0n) is 16.8. The molecule has 1 fully saturated rings. The number of anilines is 1. The Kier molecular flexibility index (Phi) is 6.22. The van der Waals surface area contributed by atoms with Gasteiger partial charge in [0.05, 0.1) is 0 Å². The number of nitrogens with zero attached hydrogens (tertiary/aromatic N) is 3. The highest BCUT2D eigenvalue weighted by atomic mass is 16.1. The molecule has 3 N–H and O–H groups in total. The van der Waals surface area contributed by atoms with Gasteiger partial charge in [0.15, 0.2) is 5.82 Å². The van der Waals surface area contributed by atoms with Crippen LogP contribution in [0.25, 0.3) is 10.8 Å². The Morgan fingerprint density at radius 2 is 1.90 bits per heavy atom. The molecule has 3 aromatic rings. The molecule has 1 saturated heterocycles. The van der Waals surface area contributed by atoms with E-state index in [1.807, 2.05) is 0 Å². The molecule has 0 unspecified atom stereocenters. The van der Waals surface area contributed by atoms with E-state index in [2.05, 4.69) is 57.7 Å². The second kappa shape index (κ2) is 9.20. The van der Waals surface area contributed by atoms with Crippen molar-refractivity contribution in [3.8, 4) is 0 Å². The largest absolute Gasteiger partial charge is 0.363 e. The van der Waals surface area contributed by atoms with Crippen LogP contribution in [-0.4, -0.2) is 40.1 Å². The Morgan fingerprint density at radius 1 is 1.10 bits per heavy atom. The van der Waals surface area contributed by atoms with Gasteiger partial charge in [0, 0.05) is 44.6 Å². The number of aryl methyl sites for hydroxylation is 1. The van der Waals surface area contributed by atoms with Gasteiger partial charge < -0.3 is 15.6 Å². The van der Waals surface area contributed by atoms with Gasteiger partial charge in [-0.05, 0) is 48.2 Å². The molecule has 0 radical (unpaired) electrons. The number of rotatable bonds is 7. The fraction of sp³-hybridized carbons (Fsp3) is 0.391. The zero-order valence-corrected chi connectivity index (χ0v) is 16.8. The SMILES string of the molecule is NCCCn1ccnc(NC2CCN(Cc3ccc4ccccc4c3)CC2)c1=O. The van der Waals surface area contributed by atoms with Crippen LogP contribution in [0.3, 0.4) is 0 Å². The van der Waals surface area contributed by atoms with Gasteiger partial charge >= 0.3 is 0 Å². The predicted octanol–water partition coefficient (Wildman–Crippen LogP) is 2.82. The smallest absolute Gasteiger partial charge is 0.293 e. The number of benzene rings is 2. The van der Waals surface area contributed by atoms with Crippen LogP contribution in [0, 0.1) is 0 Å². The molecule has 4 rings (SSSR count). The molecule has 2 aromatic carbocycles. The van der Waals surface area contributed by atoms with Gasteiger partial charge in [0.25, 0.3) is 5.56 Å². The van der Waals surface area contributed by atoms with Crippen molar-refractivity contribution in [3.63, 3.8) is 0 Å². The van der Waals surface area contributed by atoms with E-state index in [9.17, 15) is 4.79 Å². The number of likely N-dealkylation sites (tertiary alicyclic amines) is 1. The first-order chi connectivity index (χ1) is 14.2. The van der Waals surface area contributed by atoms with Gasteiger partial charge in [-0.25, -0.2) is 4.98 Å². The van der Waals surface area contributed by atoms with Crippen LogP contribution in [0.1, 0.15) is 24.8 Å². The molecule has 0 spiro atoms. The van der Waals surface area contributed by atoms with Gasteiger partial charge in [-0.2, -0.15) is 0 Å². The third-order valence-corrected chi connectivity index (χ3v) is 5.67. The van der Waals surface area contributed by atoms with Crippen LogP contribution < -0.4 is 16.6 Å². The summed E-state index contributed by atoms with van der Waals surface area (Å²) in [5.74, 6) is 0.456. The Hall–Kier alpha value is -2.70. The van der Waals surface area contributed by atoms with Crippen LogP contribution in [0.4, 0.5) is 5.82 Å². The molecular weight excluding hydrogens is 362 g/mol. The van der Waals surface area contributed by atoms with E-state index in [0.29, 0.717) is 18.9 Å². The molecule has 6 nitrogen and oxygen atoms in total. The Labute approximate surface area is 171 Å². The maximum Gasteiger partial charge on any atom is 0.293 e. The molecular formula is C23H29N5O. The molecule has 152 valence electrons. The minimum absolute atomic E-state index is 0.0560. The van der Waals surface area contributed by atoms with Crippen LogP contribution in [0.15, 0.2) is 59.7 Å². The number of nitrogens with two attached hydrogens (primary N) is 1. The lowest BCUT2D eigenvalue weighted by Crippen LogP contribution is -2.40. The first-order valence-electron chi connectivity index (χ1n) is 10.4. The van der Waals surface area contributed by atoms with Crippen LogP contribution in [0.2, 0.25) is 0 Å². The van der Waals surface area contributed by atoms with E-state index in [0.717, 1.165) is 38.9 Å². The normalized spacial score (nSPS) is 15.6. The average Bonchev–Trinajstić information content (AvgIpc) is 2.75. The summed E-state index contributed by atoms with van der Waals surface area (Å²) < 4.78 is 1.69. The summed E-state index contributed by atoms with van der Waals surface area (Å²) in [6, 6.07) is 15.5. The van der Waals surface area contributed by atoms with Crippen molar-refractivity contribution in [1.82, 2.24) is 14.5 Å². The van der Waals surface area contributed by atoms with Crippen molar-refractivity contribution in [1.29, 1.82) is 0 Å². The fourth-order valence-corrected chi connectivity index (χ4v) is 4.01. The van der Waals surface area contributed by atoms with E-state index < -0.39 is 0 Å². The first kappa shape index (κ1) is 19.6. The lowest BCUT2D eigenvalue weighted by atomic mass is 10.0. The fourth-order valence-electron chi connectivity index (χ4n) is 4.01. The van der Waals surface area contributed by atoms with Crippen LogP contribution in [0.5, 0.6) is 0 Å². The molecule has 1 aliphatic rings. The summed E-state index contributed by atoms with van der Waals surface area (Å²) in [4.78, 5) is 19.3. The lowest BCUT2D eigenvalue weighted by Gasteiger charge is -2.32. The van der Waals surface area contributed by atoms with E-state index >= 15 is 0 Å². The summed E-state index contributed by atoms with van der Waals surface area (Å²) in [5.41, 5.74) is 6.85. The van der Waals surface area contributed by atoms with Crippen molar-refractivity contribution >= 4 is 16.6 Å². The second-order valence-corrected chi connectivity index (χ2v) is 7.79. The van der Waals surface area contributed by atoms with E-state index in [4.69, 9.17) is 5.73 Å². The Balaban J connectivity index is 1.33. The topological polar surface area (TPSA) is 76.2 Å². The molecule has 1 aliphatic heterocycles. The van der Waals surface area contributed by atoms with E-state index in [1.54, 1.807) is 17.0 Å². The summed E-state index contributed by atoms with van der Waals surface area (Å²) in [7, 11) is 0. The highest BCUT2D eigenvalue weighted by Crippen LogP contribution is 2.19. The highest BCUT2D eigenvalue weighted by molar-refractivity contribution is 5.82. The van der Waals surface area contributed by atoms with Crippen molar-refractivity contribution in [2.75, 3.05) is 25.0 Å². The molecule has 29 heavy (non-hydrogen) atoms. The summed E-state index contributed by atoms with van der Waals surface area (Å²) >= 11 is 0. The van der Waals surface area contributed by atoms with Crippen molar-refractivity contribution in [2.45, 2.75) is 38.4 Å². The summed E-state index contributed by atoms with van der Waals surface area (Å²) in [5, 5.41) is 5.95. The number of hydrogen-bond donors (Lipinski definition) is 2. The number of aromatic nitrogens is 2. The molecule has 0 bridgehead atoms. The quantitative estimate of drug-likeness (QED) is 0.648. The second-order valence-electron chi connectivity index (χ2n) is 7.79. The number of hydrogen-bond acceptors (Lipinski definition) is 5. The van der Waals surface area contributed by atoms with Crippen LogP contribution >= 0.6 is 0 Å². The van der Waals surface area contributed by atoms with Crippen LogP contribution in [-0.2, 0) is 13.1 Å². The maximum absolute atomic E-state index is 12.5. The highest BCUT2D eigenvalue weighted by Gasteiger charge is 2.20. The summed E-state index contributed by atoms with van der Waals surface area (Å²) in [6.07, 6.45) is 6.22. The van der Waals surface area contributed by atoms with Crippen molar-refractivity contribution in [3.05, 3.63) is 70.8 Å². The third-order valence-electron chi connectivity index (χ3n) is 5.67. The van der Waals surface area contributed by atoms with Gasteiger partial charge in [-0.1, -0.05) is 36.4 Å². The van der Waals surface area contributed by atoms with Gasteiger partial charge in [-0.15, -0.1) is 0 Å². The third kappa shape index (κ3) is 4.83. The van der Waals surface area contributed by atoms with E-state index in [-0.39, 0.29) is 11.6 Å². The van der Waals surface area contributed by atoms with Gasteiger partial charge in [0.2, 0.25) is 0 Å². The molecule has 1 aromatic heterocycles. The van der Waals surface area contributed by atoms with Crippen molar-refractivity contribution < 1.29 is 0 Å².